The van der Waals surface area contributed by atoms with Crippen LogP contribution in [0.25, 0.3) is 0 Å². The summed E-state index contributed by atoms with van der Waals surface area (Å²) in [5.41, 5.74) is 0. The number of hydrogen-bond donors (Lipinski definition) is 2. The van der Waals surface area contributed by atoms with Crippen molar-refractivity contribution in [1.29, 1.82) is 0 Å². The van der Waals surface area contributed by atoms with E-state index in [1.54, 1.807) is 0 Å². The van der Waals surface area contributed by atoms with Gasteiger partial charge in [0.25, 0.3) is 0 Å². The minimum Gasteiger partial charge on any atom is -0.480 e. The molecule has 7 heteroatoms. The van der Waals surface area contributed by atoms with E-state index in [0.717, 1.165) is 12.8 Å². The van der Waals surface area contributed by atoms with Crippen molar-refractivity contribution < 1.29 is 19.2 Å². The Labute approximate surface area is 111 Å². The summed E-state index contributed by atoms with van der Waals surface area (Å²) in [5.74, 6) is -0.137. The van der Waals surface area contributed by atoms with E-state index < -0.39 is 12.0 Å². The average molecular weight is 269 g/mol. The van der Waals surface area contributed by atoms with Crippen LogP contribution in [0.1, 0.15) is 44.8 Å². The molecule has 7 nitrogen and oxygen atoms in total. The number of aliphatic carboxylic acids is 1. The highest BCUT2D eigenvalue weighted by molar-refractivity contribution is 5.83. The highest BCUT2D eigenvalue weighted by atomic mass is 16.5. The van der Waals surface area contributed by atoms with E-state index in [9.17, 15) is 9.59 Å². The van der Waals surface area contributed by atoms with Gasteiger partial charge in [0.05, 0.1) is 0 Å². The minimum absolute atomic E-state index is 0.239. The molecule has 0 aliphatic rings. The van der Waals surface area contributed by atoms with Gasteiger partial charge in [0.2, 0.25) is 11.8 Å². The molecule has 0 unspecified atom stereocenters. The highest BCUT2D eigenvalue weighted by Crippen LogP contribution is 2.04. The Balaban J connectivity index is 2.25. The summed E-state index contributed by atoms with van der Waals surface area (Å²) in [6.07, 6.45) is 3.04. The monoisotopic (exact) mass is 269 g/mol. The van der Waals surface area contributed by atoms with Crippen molar-refractivity contribution in [2.75, 3.05) is 0 Å². The maximum atomic E-state index is 11.4. The summed E-state index contributed by atoms with van der Waals surface area (Å²) in [5, 5.41) is 14.8. The number of nitrogens with one attached hydrogen (secondary N) is 1. The van der Waals surface area contributed by atoms with Gasteiger partial charge >= 0.3 is 5.97 Å². The lowest BCUT2D eigenvalue weighted by Gasteiger charge is -2.08. The van der Waals surface area contributed by atoms with Gasteiger partial charge in [-0.05, 0) is 19.8 Å². The van der Waals surface area contributed by atoms with Gasteiger partial charge < -0.3 is 14.9 Å². The molecule has 1 atom stereocenters. The molecule has 0 aromatic carbocycles. The zero-order valence-electron chi connectivity index (χ0n) is 11.2. The number of nitrogens with zero attached hydrogens (tertiary/aromatic N) is 2. The van der Waals surface area contributed by atoms with E-state index >= 15 is 0 Å². The van der Waals surface area contributed by atoms with Crippen LogP contribution < -0.4 is 5.32 Å². The van der Waals surface area contributed by atoms with Crippen LogP contribution in [-0.2, 0) is 22.4 Å². The zero-order chi connectivity index (χ0) is 14.3. The van der Waals surface area contributed by atoms with Crippen LogP contribution in [0, 0.1) is 0 Å². The normalized spacial score (nSPS) is 12.1. The summed E-state index contributed by atoms with van der Waals surface area (Å²) in [4.78, 5) is 26.1. The fourth-order valence-corrected chi connectivity index (χ4v) is 1.49. The first-order chi connectivity index (χ1) is 9.02. The van der Waals surface area contributed by atoms with E-state index in [0.29, 0.717) is 24.6 Å². The largest absolute Gasteiger partial charge is 0.480 e. The zero-order valence-corrected chi connectivity index (χ0v) is 11.2. The van der Waals surface area contributed by atoms with E-state index in [2.05, 4.69) is 15.5 Å². The van der Waals surface area contributed by atoms with E-state index in [4.69, 9.17) is 9.63 Å². The molecule has 0 radical (unpaired) electrons. The summed E-state index contributed by atoms with van der Waals surface area (Å²) in [6, 6.07) is -0.868. The molecule has 106 valence electrons. The number of carbonyl (C=O) groups is 2. The molecule has 0 fully saturated rings. The maximum absolute atomic E-state index is 11.4. The summed E-state index contributed by atoms with van der Waals surface area (Å²) >= 11 is 0. The molecule has 2 N–H and O–H groups in total. The second kappa shape index (κ2) is 7.50. The van der Waals surface area contributed by atoms with Crippen LogP contribution in [-0.4, -0.2) is 33.2 Å². The Kier molecular flexibility index (Phi) is 5.98. The fraction of sp³-hybridized carbons (Fsp3) is 0.667. The Morgan fingerprint density at radius 2 is 2.16 bits per heavy atom. The van der Waals surface area contributed by atoms with Crippen LogP contribution in [0.15, 0.2) is 4.52 Å². The highest BCUT2D eigenvalue weighted by Gasteiger charge is 2.14. The van der Waals surface area contributed by atoms with Gasteiger partial charge in [-0.3, -0.25) is 9.59 Å². The standard InChI is InChI=1S/C12H19N3O4/c1-3-5-9-14-11(19-15-9)7-4-6-10(16)13-8(2)12(17)18/h8H,3-7H2,1-2H3,(H,13,16)(H,17,18)/t8-/m1/s1. The van der Waals surface area contributed by atoms with Crippen molar-refractivity contribution in [3.05, 3.63) is 11.7 Å². The first-order valence-electron chi connectivity index (χ1n) is 6.36. The van der Waals surface area contributed by atoms with E-state index in [1.807, 2.05) is 6.92 Å². The van der Waals surface area contributed by atoms with Gasteiger partial charge in [0.1, 0.15) is 6.04 Å². The molecular formula is C12H19N3O4. The van der Waals surface area contributed by atoms with Crippen molar-refractivity contribution >= 4 is 11.9 Å². The van der Waals surface area contributed by atoms with Crippen LogP contribution in [0.4, 0.5) is 0 Å². The van der Waals surface area contributed by atoms with Crippen molar-refractivity contribution in [2.24, 2.45) is 0 Å². The molecule has 1 aromatic heterocycles. The summed E-state index contributed by atoms with van der Waals surface area (Å²) in [7, 11) is 0. The lowest BCUT2D eigenvalue weighted by atomic mass is 10.2. The maximum Gasteiger partial charge on any atom is 0.325 e. The smallest absolute Gasteiger partial charge is 0.325 e. The number of carbonyl (C=O) groups excluding carboxylic acids is 1. The number of carboxylic acid groups (broad SMARTS) is 1. The molecule has 0 aliphatic heterocycles. The topological polar surface area (TPSA) is 105 Å². The van der Waals surface area contributed by atoms with Crippen LogP contribution in [0.2, 0.25) is 0 Å². The third kappa shape index (κ3) is 5.50. The van der Waals surface area contributed by atoms with Crippen molar-refractivity contribution in [3.63, 3.8) is 0 Å². The first kappa shape index (κ1) is 15.1. The molecule has 1 amide bonds. The second-order valence-corrected chi connectivity index (χ2v) is 4.34. The fourth-order valence-electron chi connectivity index (χ4n) is 1.49. The molecule has 0 saturated carbocycles. The van der Waals surface area contributed by atoms with Crippen LogP contribution >= 0.6 is 0 Å². The van der Waals surface area contributed by atoms with Crippen LogP contribution in [0.5, 0.6) is 0 Å². The van der Waals surface area contributed by atoms with Gasteiger partial charge in [-0.15, -0.1) is 0 Å². The molecule has 1 aromatic rings. The molecule has 19 heavy (non-hydrogen) atoms. The Bertz CT molecular complexity index is 430. The van der Waals surface area contributed by atoms with Gasteiger partial charge in [0.15, 0.2) is 5.82 Å². The predicted octanol–water partition coefficient (Wildman–Crippen LogP) is 0.934. The van der Waals surface area contributed by atoms with Crippen molar-refractivity contribution in [2.45, 2.75) is 52.0 Å². The van der Waals surface area contributed by atoms with Gasteiger partial charge in [-0.25, -0.2) is 0 Å². The average Bonchev–Trinajstić information content (AvgIpc) is 2.77. The summed E-state index contributed by atoms with van der Waals surface area (Å²) < 4.78 is 5.03. The SMILES string of the molecule is CCCc1noc(CCCC(=O)N[C@H](C)C(=O)O)n1. The van der Waals surface area contributed by atoms with Crippen LogP contribution in [0.3, 0.4) is 0 Å². The van der Waals surface area contributed by atoms with E-state index in [-0.39, 0.29) is 12.3 Å². The van der Waals surface area contributed by atoms with Gasteiger partial charge in [-0.1, -0.05) is 12.1 Å². The molecule has 1 heterocycles. The molecular weight excluding hydrogens is 250 g/mol. The van der Waals surface area contributed by atoms with Crippen molar-refractivity contribution in [3.8, 4) is 0 Å². The molecule has 0 aliphatic carbocycles. The van der Waals surface area contributed by atoms with E-state index in [1.165, 1.54) is 6.92 Å². The number of rotatable bonds is 8. The number of carboxylic acids is 1. The Morgan fingerprint density at radius 1 is 1.42 bits per heavy atom. The Hall–Kier alpha value is -1.92. The Morgan fingerprint density at radius 3 is 2.79 bits per heavy atom. The number of amides is 1. The first-order valence-corrected chi connectivity index (χ1v) is 6.36. The van der Waals surface area contributed by atoms with Crippen molar-refractivity contribution in [1.82, 2.24) is 15.5 Å². The molecule has 0 saturated heterocycles. The minimum atomic E-state index is -1.05. The second-order valence-electron chi connectivity index (χ2n) is 4.34. The lowest BCUT2D eigenvalue weighted by Crippen LogP contribution is -2.38. The van der Waals surface area contributed by atoms with Gasteiger partial charge in [-0.2, -0.15) is 4.98 Å². The summed E-state index contributed by atoms with van der Waals surface area (Å²) in [6.45, 7) is 3.46. The van der Waals surface area contributed by atoms with Gasteiger partial charge in [0, 0.05) is 19.3 Å². The quantitative estimate of drug-likeness (QED) is 0.727. The third-order valence-corrected chi connectivity index (χ3v) is 2.53. The predicted molar refractivity (Wildman–Crippen MR) is 66.5 cm³/mol. The lowest BCUT2D eigenvalue weighted by molar-refractivity contribution is -0.141. The number of aromatic nitrogens is 2. The molecule has 0 spiro atoms. The molecule has 1 rings (SSSR count). The molecule has 0 bridgehead atoms. The number of aryl methyl sites for hydroxylation is 2. The number of hydrogen-bond acceptors (Lipinski definition) is 5. The third-order valence-electron chi connectivity index (χ3n) is 2.53.